The van der Waals surface area contributed by atoms with Crippen LogP contribution in [0.3, 0.4) is 0 Å². The first-order chi connectivity index (χ1) is 8.72. The Morgan fingerprint density at radius 2 is 1.89 bits per heavy atom. The molecule has 94 valence electrons. The summed E-state index contributed by atoms with van der Waals surface area (Å²) in [6.07, 6.45) is 1.68. The molecule has 0 saturated heterocycles. The highest BCUT2D eigenvalue weighted by atomic mass is 79.9. The van der Waals surface area contributed by atoms with Crippen molar-refractivity contribution in [3.8, 4) is 17.4 Å². The van der Waals surface area contributed by atoms with Gasteiger partial charge in [-0.25, -0.2) is 4.98 Å². The van der Waals surface area contributed by atoms with Gasteiger partial charge in [-0.15, -0.1) is 0 Å². The van der Waals surface area contributed by atoms with Crippen molar-refractivity contribution in [1.82, 2.24) is 4.98 Å². The summed E-state index contributed by atoms with van der Waals surface area (Å²) in [6, 6.07) is 9.20. The molecular formula is C13H13BrN2O2. The molecule has 4 nitrogen and oxygen atoms in total. The maximum absolute atomic E-state index is 5.69. The Kier molecular flexibility index (Phi) is 4.17. The minimum atomic E-state index is 0.373. The Hall–Kier alpha value is -1.59. The second kappa shape index (κ2) is 5.84. The lowest BCUT2D eigenvalue weighted by Crippen LogP contribution is -2.01. The van der Waals surface area contributed by atoms with E-state index in [2.05, 4.69) is 20.9 Å². The SMILES string of the molecule is COc1ccc(Oc2ncc(Br)cc2CN)cc1. The summed E-state index contributed by atoms with van der Waals surface area (Å²) >= 11 is 3.35. The van der Waals surface area contributed by atoms with Gasteiger partial charge in [0.05, 0.1) is 7.11 Å². The fourth-order valence-corrected chi connectivity index (χ4v) is 1.84. The maximum atomic E-state index is 5.69. The van der Waals surface area contributed by atoms with Crippen molar-refractivity contribution in [2.45, 2.75) is 6.54 Å². The van der Waals surface area contributed by atoms with E-state index in [1.165, 1.54) is 0 Å². The molecule has 0 fully saturated rings. The van der Waals surface area contributed by atoms with Crippen molar-refractivity contribution in [1.29, 1.82) is 0 Å². The van der Waals surface area contributed by atoms with Crippen LogP contribution in [0.2, 0.25) is 0 Å². The quantitative estimate of drug-likeness (QED) is 0.943. The van der Waals surface area contributed by atoms with Gasteiger partial charge >= 0.3 is 0 Å². The third-order valence-electron chi connectivity index (χ3n) is 2.39. The van der Waals surface area contributed by atoms with Crippen LogP contribution in [0.4, 0.5) is 0 Å². The summed E-state index contributed by atoms with van der Waals surface area (Å²) in [5, 5.41) is 0. The van der Waals surface area contributed by atoms with Gasteiger partial charge in [0, 0.05) is 22.8 Å². The van der Waals surface area contributed by atoms with Crippen LogP contribution in [0.25, 0.3) is 0 Å². The van der Waals surface area contributed by atoms with Crippen LogP contribution in [0, 0.1) is 0 Å². The van der Waals surface area contributed by atoms with Gasteiger partial charge in [-0.05, 0) is 46.3 Å². The van der Waals surface area contributed by atoms with E-state index in [0.29, 0.717) is 18.2 Å². The van der Waals surface area contributed by atoms with Gasteiger partial charge in [0.25, 0.3) is 0 Å². The summed E-state index contributed by atoms with van der Waals surface area (Å²) in [4.78, 5) is 4.21. The molecule has 1 aromatic carbocycles. The van der Waals surface area contributed by atoms with E-state index < -0.39 is 0 Å². The average molecular weight is 309 g/mol. The lowest BCUT2D eigenvalue weighted by molar-refractivity contribution is 0.412. The second-order valence-electron chi connectivity index (χ2n) is 3.60. The molecule has 0 radical (unpaired) electrons. The molecule has 2 rings (SSSR count). The van der Waals surface area contributed by atoms with E-state index in [1.807, 2.05) is 30.3 Å². The van der Waals surface area contributed by atoms with Crippen LogP contribution < -0.4 is 15.2 Å². The van der Waals surface area contributed by atoms with Crippen LogP contribution in [0.5, 0.6) is 17.4 Å². The normalized spacial score (nSPS) is 10.2. The first kappa shape index (κ1) is 12.9. The summed E-state index contributed by atoms with van der Waals surface area (Å²) in [7, 11) is 1.62. The Morgan fingerprint density at radius 1 is 1.22 bits per heavy atom. The zero-order valence-corrected chi connectivity index (χ0v) is 11.5. The number of halogens is 1. The van der Waals surface area contributed by atoms with Crippen LogP contribution in [0.15, 0.2) is 41.0 Å². The van der Waals surface area contributed by atoms with Gasteiger partial charge in [-0.1, -0.05) is 0 Å². The minimum Gasteiger partial charge on any atom is -0.497 e. The van der Waals surface area contributed by atoms with Crippen molar-refractivity contribution >= 4 is 15.9 Å². The van der Waals surface area contributed by atoms with Crippen molar-refractivity contribution in [3.63, 3.8) is 0 Å². The molecule has 0 atom stereocenters. The molecule has 1 heterocycles. The highest BCUT2D eigenvalue weighted by Gasteiger charge is 2.06. The molecule has 0 aliphatic rings. The van der Waals surface area contributed by atoms with E-state index >= 15 is 0 Å². The average Bonchev–Trinajstić information content (AvgIpc) is 2.41. The minimum absolute atomic E-state index is 0.373. The number of pyridine rings is 1. The monoisotopic (exact) mass is 308 g/mol. The Balaban J connectivity index is 2.22. The molecule has 0 unspecified atom stereocenters. The standard InChI is InChI=1S/C13H13BrN2O2/c1-17-11-2-4-12(5-3-11)18-13-9(7-15)6-10(14)8-16-13/h2-6,8H,7,15H2,1H3. The van der Waals surface area contributed by atoms with Gasteiger partial charge in [0.2, 0.25) is 5.88 Å². The highest BCUT2D eigenvalue weighted by molar-refractivity contribution is 9.10. The summed E-state index contributed by atoms with van der Waals surface area (Å²) in [6.45, 7) is 0.373. The van der Waals surface area contributed by atoms with Gasteiger partial charge < -0.3 is 15.2 Å². The van der Waals surface area contributed by atoms with E-state index in [9.17, 15) is 0 Å². The van der Waals surface area contributed by atoms with Gasteiger partial charge in [0.1, 0.15) is 11.5 Å². The van der Waals surface area contributed by atoms with Crippen molar-refractivity contribution < 1.29 is 9.47 Å². The number of nitrogens with zero attached hydrogens (tertiary/aromatic N) is 1. The van der Waals surface area contributed by atoms with Crippen molar-refractivity contribution in [2.24, 2.45) is 5.73 Å². The second-order valence-corrected chi connectivity index (χ2v) is 4.52. The van der Waals surface area contributed by atoms with Gasteiger partial charge in [-0.2, -0.15) is 0 Å². The number of methoxy groups -OCH3 is 1. The molecule has 0 bridgehead atoms. The molecule has 0 aliphatic carbocycles. The van der Waals surface area contributed by atoms with Crippen LogP contribution in [-0.2, 0) is 6.54 Å². The van der Waals surface area contributed by atoms with Crippen molar-refractivity contribution in [3.05, 3.63) is 46.6 Å². The van der Waals surface area contributed by atoms with E-state index in [4.69, 9.17) is 15.2 Å². The Morgan fingerprint density at radius 3 is 2.50 bits per heavy atom. The predicted molar refractivity (Wildman–Crippen MR) is 72.9 cm³/mol. The number of aromatic nitrogens is 1. The number of benzene rings is 1. The molecule has 18 heavy (non-hydrogen) atoms. The Labute approximate surface area is 114 Å². The van der Waals surface area contributed by atoms with E-state index in [-0.39, 0.29) is 0 Å². The topological polar surface area (TPSA) is 57.4 Å². The van der Waals surface area contributed by atoms with Gasteiger partial charge in [-0.3, -0.25) is 0 Å². The van der Waals surface area contributed by atoms with Gasteiger partial charge in [0.15, 0.2) is 0 Å². The molecular weight excluding hydrogens is 296 g/mol. The number of nitrogens with two attached hydrogens (primary N) is 1. The fraction of sp³-hybridized carbons (Fsp3) is 0.154. The molecule has 0 spiro atoms. The summed E-state index contributed by atoms with van der Waals surface area (Å²) < 4.78 is 11.6. The highest BCUT2D eigenvalue weighted by Crippen LogP contribution is 2.26. The molecule has 1 aromatic heterocycles. The molecule has 2 aromatic rings. The molecule has 0 amide bonds. The number of ether oxygens (including phenoxy) is 2. The molecule has 5 heteroatoms. The lowest BCUT2D eigenvalue weighted by atomic mass is 10.2. The number of rotatable bonds is 4. The maximum Gasteiger partial charge on any atom is 0.223 e. The largest absolute Gasteiger partial charge is 0.497 e. The number of hydrogen-bond acceptors (Lipinski definition) is 4. The first-order valence-electron chi connectivity index (χ1n) is 5.39. The number of hydrogen-bond donors (Lipinski definition) is 1. The predicted octanol–water partition coefficient (Wildman–Crippen LogP) is 3.10. The lowest BCUT2D eigenvalue weighted by Gasteiger charge is -2.09. The smallest absolute Gasteiger partial charge is 0.223 e. The van der Waals surface area contributed by atoms with Crippen LogP contribution >= 0.6 is 15.9 Å². The first-order valence-corrected chi connectivity index (χ1v) is 6.18. The fourth-order valence-electron chi connectivity index (χ4n) is 1.46. The third kappa shape index (κ3) is 3.00. The Bertz CT molecular complexity index is 529. The van der Waals surface area contributed by atoms with Crippen LogP contribution in [0.1, 0.15) is 5.56 Å². The summed E-state index contributed by atoms with van der Waals surface area (Å²) in [5.74, 6) is 2.00. The molecule has 2 N–H and O–H groups in total. The molecule has 0 aliphatic heterocycles. The summed E-state index contributed by atoms with van der Waals surface area (Å²) in [5.41, 5.74) is 6.51. The molecule has 0 saturated carbocycles. The third-order valence-corrected chi connectivity index (χ3v) is 2.82. The van der Waals surface area contributed by atoms with E-state index in [0.717, 1.165) is 15.8 Å². The van der Waals surface area contributed by atoms with Crippen molar-refractivity contribution in [2.75, 3.05) is 7.11 Å². The zero-order valence-electron chi connectivity index (χ0n) is 9.89. The van der Waals surface area contributed by atoms with E-state index in [1.54, 1.807) is 13.3 Å². The zero-order chi connectivity index (χ0) is 13.0. The van der Waals surface area contributed by atoms with Crippen LogP contribution in [-0.4, -0.2) is 12.1 Å².